The highest BCUT2D eigenvalue weighted by atomic mass is 31.1. The number of carboxylic acid groups (broad SMARTS) is 1. The minimum Gasteiger partial charge on any atom is -0.481 e. The van der Waals surface area contributed by atoms with Gasteiger partial charge in [0, 0.05) is 28.2 Å². The number of halogens is 1. The Morgan fingerprint density at radius 3 is 2.53 bits per heavy atom. The second-order valence-corrected chi connectivity index (χ2v) is 9.00. The Morgan fingerprint density at radius 2 is 1.88 bits per heavy atom. The Labute approximate surface area is 186 Å². The lowest BCUT2D eigenvalue weighted by Crippen LogP contribution is -2.15. The molecule has 1 aromatic heterocycles. The zero-order valence-electron chi connectivity index (χ0n) is 17.9. The Morgan fingerprint density at radius 1 is 1.19 bits per heavy atom. The molecule has 0 amide bonds. The van der Waals surface area contributed by atoms with E-state index in [2.05, 4.69) is 18.4 Å². The number of rotatable bonds is 10. The van der Waals surface area contributed by atoms with Crippen molar-refractivity contribution in [3.63, 3.8) is 0 Å². The van der Waals surface area contributed by atoms with Gasteiger partial charge in [-0.3, -0.25) is 4.79 Å². The molecule has 0 saturated carbocycles. The summed E-state index contributed by atoms with van der Waals surface area (Å²) in [5.74, 6) is -1.46. The van der Waals surface area contributed by atoms with Gasteiger partial charge in [0.15, 0.2) is 0 Å². The molecule has 2 atom stereocenters. The summed E-state index contributed by atoms with van der Waals surface area (Å²) in [5, 5.41) is 19.3. The van der Waals surface area contributed by atoms with Crippen molar-refractivity contribution in [2.24, 2.45) is 0 Å². The molecule has 0 fully saturated rings. The number of hydrogen-bond acceptors (Lipinski definition) is 4. The maximum absolute atomic E-state index is 13.5. The highest BCUT2D eigenvalue weighted by molar-refractivity contribution is 7.39. The molecule has 0 spiro atoms. The van der Waals surface area contributed by atoms with Crippen molar-refractivity contribution in [2.75, 3.05) is 12.8 Å². The SMILES string of the molecule is CC(C)n1c(C=CCO[P+](=O)CC(O)CC(=O)O)c(-c2ccc(F)cc2)c2ccccc21. The molecule has 6 nitrogen and oxygen atoms in total. The van der Waals surface area contributed by atoms with Gasteiger partial charge in [0.25, 0.3) is 0 Å². The molecule has 0 aliphatic rings. The van der Waals surface area contributed by atoms with Crippen molar-refractivity contribution >= 4 is 31.0 Å². The maximum atomic E-state index is 13.5. The molecule has 0 bridgehead atoms. The van der Waals surface area contributed by atoms with Gasteiger partial charge in [0.2, 0.25) is 6.16 Å². The number of fused-ring (bicyclic) bond motifs is 1. The van der Waals surface area contributed by atoms with E-state index in [9.17, 15) is 18.9 Å². The summed E-state index contributed by atoms with van der Waals surface area (Å²) in [5.41, 5.74) is 3.81. The number of aliphatic carboxylic acids is 1. The third-order valence-corrected chi connectivity index (χ3v) is 6.12. The molecule has 2 unspecified atom stereocenters. The summed E-state index contributed by atoms with van der Waals surface area (Å²) in [4.78, 5) is 10.6. The van der Waals surface area contributed by atoms with Crippen LogP contribution in [0.4, 0.5) is 4.39 Å². The van der Waals surface area contributed by atoms with E-state index < -0.39 is 26.5 Å². The number of carboxylic acids is 1. The standard InChI is InChI=1S/C24H25FNO5P/c1-16(2)26-21-7-4-3-6-20(21)24(17-9-11-18(25)12-10-17)22(26)8-5-13-31-32(30)15-19(27)14-23(28)29/h3-12,16,19,27H,13-15H2,1-2H3/p+1. The van der Waals surface area contributed by atoms with Crippen LogP contribution in [0.25, 0.3) is 28.1 Å². The molecule has 1 heterocycles. The molecule has 32 heavy (non-hydrogen) atoms. The average Bonchev–Trinajstić information content (AvgIpc) is 3.05. The minimum atomic E-state index is -2.19. The molecule has 8 heteroatoms. The van der Waals surface area contributed by atoms with Crippen LogP contribution in [0, 0.1) is 5.82 Å². The van der Waals surface area contributed by atoms with Gasteiger partial charge < -0.3 is 14.8 Å². The quantitative estimate of drug-likeness (QED) is 0.384. The van der Waals surface area contributed by atoms with Crippen molar-refractivity contribution in [2.45, 2.75) is 32.4 Å². The summed E-state index contributed by atoms with van der Waals surface area (Å²) >= 11 is 0. The second-order valence-electron chi connectivity index (χ2n) is 7.71. The van der Waals surface area contributed by atoms with E-state index >= 15 is 0 Å². The lowest BCUT2D eigenvalue weighted by molar-refractivity contribution is -0.138. The maximum Gasteiger partial charge on any atom is 0.511 e. The fraction of sp³-hybridized carbons (Fsp3) is 0.292. The van der Waals surface area contributed by atoms with Crippen LogP contribution < -0.4 is 0 Å². The van der Waals surface area contributed by atoms with Crippen molar-refractivity contribution in [3.8, 4) is 11.1 Å². The zero-order valence-corrected chi connectivity index (χ0v) is 18.8. The number of nitrogens with zero attached hydrogens (tertiary/aromatic N) is 1. The molecule has 0 radical (unpaired) electrons. The normalized spacial score (nSPS) is 13.2. The number of aliphatic hydroxyl groups excluding tert-OH is 1. The molecule has 168 valence electrons. The zero-order chi connectivity index (χ0) is 23.3. The first-order chi connectivity index (χ1) is 15.3. The van der Waals surface area contributed by atoms with Crippen LogP contribution in [0.3, 0.4) is 0 Å². The summed E-state index contributed by atoms with van der Waals surface area (Å²) in [6.07, 6.45) is 1.69. The molecular weight excluding hydrogens is 432 g/mol. The third-order valence-electron chi connectivity index (χ3n) is 4.96. The van der Waals surface area contributed by atoms with E-state index in [1.165, 1.54) is 12.1 Å². The predicted molar refractivity (Wildman–Crippen MR) is 123 cm³/mol. The van der Waals surface area contributed by atoms with E-state index in [1.54, 1.807) is 18.2 Å². The van der Waals surface area contributed by atoms with Crippen LogP contribution in [0.2, 0.25) is 0 Å². The largest absolute Gasteiger partial charge is 0.511 e. The highest BCUT2D eigenvalue weighted by Crippen LogP contribution is 2.38. The topological polar surface area (TPSA) is 88.8 Å². The van der Waals surface area contributed by atoms with Gasteiger partial charge in [0.05, 0.1) is 6.42 Å². The van der Waals surface area contributed by atoms with Gasteiger partial charge in [-0.15, -0.1) is 4.52 Å². The summed E-state index contributed by atoms with van der Waals surface area (Å²) < 4.78 is 32.9. The van der Waals surface area contributed by atoms with E-state index in [0.29, 0.717) is 0 Å². The molecule has 2 aromatic carbocycles. The summed E-state index contributed by atoms with van der Waals surface area (Å²) in [6.45, 7) is 4.20. The number of aromatic nitrogens is 1. The van der Waals surface area contributed by atoms with Crippen LogP contribution >= 0.6 is 8.03 Å². The lowest BCUT2D eigenvalue weighted by atomic mass is 10.0. The highest BCUT2D eigenvalue weighted by Gasteiger charge is 2.25. The van der Waals surface area contributed by atoms with Crippen LogP contribution in [0.5, 0.6) is 0 Å². The van der Waals surface area contributed by atoms with Crippen LogP contribution in [-0.2, 0) is 13.9 Å². The number of benzene rings is 2. The van der Waals surface area contributed by atoms with E-state index in [1.807, 2.05) is 30.3 Å². The second kappa shape index (κ2) is 10.6. The van der Waals surface area contributed by atoms with Crippen molar-refractivity contribution in [3.05, 3.63) is 66.1 Å². The van der Waals surface area contributed by atoms with Crippen molar-refractivity contribution in [1.29, 1.82) is 0 Å². The first-order valence-corrected chi connectivity index (χ1v) is 11.7. The number of carbonyl (C=O) groups is 1. The Hall–Kier alpha value is -2.86. The van der Waals surface area contributed by atoms with Gasteiger partial charge in [-0.1, -0.05) is 36.4 Å². The number of para-hydroxylation sites is 1. The van der Waals surface area contributed by atoms with Crippen molar-refractivity contribution in [1.82, 2.24) is 4.57 Å². The fourth-order valence-electron chi connectivity index (χ4n) is 3.70. The Balaban J connectivity index is 1.89. The molecule has 0 aliphatic heterocycles. The van der Waals surface area contributed by atoms with Gasteiger partial charge in [-0.05, 0) is 48.3 Å². The summed E-state index contributed by atoms with van der Waals surface area (Å²) in [6, 6.07) is 14.5. The first-order valence-electron chi connectivity index (χ1n) is 10.3. The van der Waals surface area contributed by atoms with Crippen LogP contribution in [-0.4, -0.2) is 39.6 Å². The number of aliphatic hydroxyl groups is 1. The van der Waals surface area contributed by atoms with Crippen LogP contribution in [0.1, 0.15) is 32.0 Å². The van der Waals surface area contributed by atoms with Gasteiger partial charge in [-0.2, -0.15) is 0 Å². The predicted octanol–water partition coefficient (Wildman–Crippen LogP) is 5.64. The van der Waals surface area contributed by atoms with E-state index in [0.717, 1.165) is 27.7 Å². The molecule has 2 N–H and O–H groups in total. The summed E-state index contributed by atoms with van der Waals surface area (Å²) in [7, 11) is -2.19. The third kappa shape index (κ3) is 5.68. The molecule has 3 aromatic rings. The van der Waals surface area contributed by atoms with Crippen LogP contribution in [0.15, 0.2) is 54.6 Å². The molecular formula is C24H26FNO5P+. The van der Waals surface area contributed by atoms with Crippen molar-refractivity contribution < 1.29 is 28.5 Å². The molecule has 3 rings (SSSR count). The monoisotopic (exact) mass is 458 g/mol. The van der Waals surface area contributed by atoms with Gasteiger partial charge in [0.1, 0.15) is 18.5 Å². The number of hydrogen-bond donors (Lipinski definition) is 2. The van der Waals surface area contributed by atoms with Gasteiger partial charge >= 0.3 is 14.0 Å². The smallest absolute Gasteiger partial charge is 0.481 e. The lowest BCUT2D eigenvalue weighted by Gasteiger charge is -2.13. The Kier molecular flexibility index (Phi) is 7.91. The van der Waals surface area contributed by atoms with E-state index in [4.69, 9.17) is 9.63 Å². The molecule has 0 aliphatic carbocycles. The first kappa shape index (κ1) is 23.8. The van der Waals surface area contributed by atoms with Gasteiger partial charge in [-0.25, -0.2) is 4.39 Å². The average molecular weight is 458 g/mol. The Bertz CT molecular complexity index is 1140. The molecule has 0 saturated heterocycles. The minimum absolute atomic E-state index is 0.0392. The fourth-order valence-corrected chi connectivity index (χ4v) is 4.53. The van der Waals surface area contributed by atoms with E-state index in [-0.39, 0.29) is 24.6 Å².